The zero-order valence-electron chi connectivity index (χ0n) is 13.7. The molecule has 0 saturated carbocycles. The molecule has 0 N–H and O–H groups in total. The lowest BCUT2D eigenvalue weighted by molar-refractivity contribution is 0.414. The molecule has 0 fully saturated rings. The zero-order valence-corrected chi connectivity index (χ0v) is 16.1. The molecule has 0 aliphatic heterocycles. The molecule has 2 aromatic carbocycles. The van der Waals surface area contributed by atoms with Crippen LogP contribution in [-0.2, 0) is 6.54 Å². The van der Waals surface area contributed by atoms with Crippen molar-refractivity contribution in [1.82, 2.24) is 9.55 Å². The van der Waals surface area contributed by atoms with Gasteiger partial charge in [0.2, 0.25) is 0 Å². The smallest absolute Gasteiger partial charge is 0.262 e. The summed E-state index contributed by atoms with van der Waals surface area (Å²) in [7, 11) is 1.63. The Hall–Kier alpha value is -2.05. The lowest BCUT2D eigenvalue weighted by Crippen LogP contribution is -2.24. The zero-order chi connectivity index (χ0) is 17.8. The third kappa shape index (κ3) is 4.14. The van der Waals surface area contributed by atoms with Crippen molar-refractivity contribution in [3.05, 3.63) is 75.5 Å². The van der Waals surface area contributed by atoms with E-state index >= 15 is 0 Å². The first-order valence-electron chi connectivity index (χ1n) is 7.67. The van der Waals surface area contributed by atoms with Crippen molar-refractivity contribution in [2.75, 3.05) is 12.9 Å². The normalized spacial score (nSPS) is 10.8. The fraction of sp³-hybridized carbons (Fsp3) is 0.158. The molecule has 25 heavy (non-hydrogen) atoms. The molecule has 0 saturated heterocycles. The molecule has 3 aromatic rings. The summed E-state index contributed by atoms with van der Waals surface area (Å²) < 4.78 is 7.76. The lowest BCUT2D eigenvalue weighted by Gasteiger charge is -2.13. The van der Waals surface area contributed by atoms with Gasteiger partial charge in [-0.05, 0) is 34.3 Å². The number of aromatic nitrogens is 2. The number of methoxy groups -OCH3 is 1. The molecule has 0 radical (unpaired) electrons. The molecule has 0 atom stereocenters. The molecule has 4 nitrogen and oxygen atoms in total. The molecule has 0 bridgehead atoms. The summed E-state index contributed by atoms with van der Waals surface area (Å²) in [6, 6.07) is 15.1. The van der Waals surface area contributed by atoms with E-state index in [-0.39, 0.29) is 5.56 Å². The van der Waals surface area contributed by atoms with Crippen LogP contribution in [-0.4, -0.2) is 22.4 Å². The van der Waals surface area contributed by atoms with E-state index in [1.807, 2.05) is 48.5 Å². The van der Waals surface area contributed by atoms with Gasteiger partial charge in [-0.3, -0.25) is 9.36 Å². The van der Waals surface area contributed by atoms with Crippen LogP contribution in [0.25, 0.3) is 10.9 Å². The largest absolute Gasteiger partial charge is 0.497 e. The SMILES string of the molecule is C=C(Br)CSc1nc2ccccc2c(=O)n1Cc1ccc(OC)cc1. The number of nitrogens with zero attached hydrogens (tertiary/aromatic N) is 2. The number of halogens is 1. The van der Waals surface area contributed by atoms with Gasteiger partial charge in [0.15, 0.2) is 5.16 Å². The summed E-state index contributed by atoms with van der Waals surface area (Å²) in [5.74, 6) is 1.44. The molecular formula is C19H17BrN2O2S. The van der Waals surface area contributed by atoms with Crippen LogP contribution in [0.2, 0.25) is 0 Å². The highest BCUT2D eigenvalue weighted by molar-refractivity contribution is 9.11. The molecule has 3 rings (SSSR count). The van der Waals surface area contributed by atoms with E-state index in [1.165, 1.54) is 11.8 Å². The predicted molar refractivity (Wildman–Crippen MR) is 107 cm³/mol. The molecule has 6 heteroatoms. The van der Waals surface area contributed by atoms with Gasteiger partial charge in [-0.1, -0.05) is 58.5 Å². The van der Waals surface area contributed by atoms with E-state index in [2.05, 4.69) is 27.5 Å². The van der Waals surface area contributed by atoms with Crippen LogP contribution >= 0.6 is 27.7 Å². The van der Waals surface area contributed by atoms with Crippen LogP contribution in [0.15, 0.2) is 69.5 Å². The topological polar surface area (TPSA) is 44.1 Å². The number of ether oxygens (including phenoxy) is 1. The first-order valence-corrected chi connectivity index (χ1v) is 9.45. The van der Waals surface area contributed by atoms with E-state index in [4.69, 9.17) is 4.74 Å². The van der Waals surface area contributed by atoms with Crippen LogP contribution in [0.3, 0.4) is 0 Å². The second-order valence-electron chi connectivity index (χ2n) is 5.46. The van der Waals surface area contributed by atoms with Crippen LogP contribution in [0, 0.1) is 0 Å². The van der Waals surface area contributed by atoms with Crippen molar-refractivity contribution in [3.8, 4) is 5.75 Å². The lowest BCUT2D eigenvalue weighted by atomic mass is 10.2. The Morgan fingerprint density at radius 1 is 1.24 bits per heavy atom. The van der Waals surface area contributed by atoms with Crippen molar-refractivity contribution in [3.63, 3.8) is 0 Å². The van der Waals surface area contributed by atoms with E-state index in [9.17, 15) is 4.79 Å². The van der Waals surface area contributed by atoms with Crippen LogP contribution in [0.4, 0.5) is 0 Å². The van der Waals surface area contributed by atoms with Gasteiger partial charge in [-0.2, -0.15) is 0 Å². The quantitative estimate of drug-likeness (QED) is 0.439. The van der Waals surface area contributed by atoms with Gasteiger partial charge in [0.1, 0.15) is 5.75 Å². The van der Waals surface area contributed by atoms with Gasteiger partial charge in [0, 0.05) is 5.75 Å². The Morgan fingerprint density at radius 3 is 2.64 bits per heavy atom. The average Bonchev–Trinajstić information content (AvgIpc) is 2.63. The highest BCUT2D eigenvalue weighted by Crippen LogP contribution is 2.22. The Morgan fingerprint density at radius 2 is 1.96 bits per heavy atom. The minimum atomic E-state index is -0.0379. The molecule has 0 amide bonds. The van der Waals surface area contributed by atoms with Crippen molar-refractivity contribution in [1.29, 1.82) is 0 Å². The summed E-state index contributed by atoms with van der Waals surface area (Å²) in [4.78, 5) is 17.6. The Bertz CT molecular complexity index is 967. The molecule has 1 aromatic heterocycles. The summed E-state index contributed by atoms with van der Waals surface area (Å²) in [5, 5.41) is 1.30. The molecule has 0 unspecified atom stereocenters. The van der Waals surface area contributed by atoms with Gasteiger partial charge in [0.05, 0.1) is 24.6 Å². The van der Waals surface area contributed by atoms with Gasteiger partial charge in [-0.15, -0.1) is 0 Å². The fourth-order valence-corrected chi connectivity index (χ4v) is 3.55. The van der Waals surface area contributed by atoms with E-state index in [0.29, 0.717) is 28.4 Å². The van der Waals surface area contributed by atoms with Crippen molar-refractivity contribution < 1.29 is 4.74 Å². The van der Waals surface area contributed by atoms with Gasteiger partial charge in [0.25, 0.3) is 5.56 Å². The maximum atomic E-state index is 13.0. The second kappa shape index (κ2) is 7.89. The van der Waals surface area contributed by atoms with Gasteiger partial charge in [-0.25, -0.2) is 4.98 Å². The summed E-state index contributed by atoms with van der Waals surface area (Å²) >= 11 is 4.85. The van der Waals surface area contributed by atoms with Gasteiger partial charge < -0.3 is 4.74 Å². The maximum absolute atomic E-state index is 13.0. The fourth-order valence-electron chi connectivity index (χ4n) is 2.45. The first kappa shape index (κ1) is 17.8. The molecule has 0 aliphatic rings. The van der Waals surface area contributed by atoms with E-state index in [0.717, 1.165) is 15.8 Å². The Kier molecular flexibility index (Phi) is 5.60. The number of rotatable bonds is 6. The third-order valence-corrected chi connectivity index (χ3v) is 5.40. The third-order valence-electron chi connectivity index (χ3n) is 3.68. The number of para-hydroxylation sites is 1. The number of thioether (sulfide) groups is 1. The summed E-state index contributed by atoms with van der Waals surface area (Å²) in [6.45, 7) is 4.31. The first-order chi connectivity index (χ1) is 12.1. The van der Waals surface area contributed by atoms with Crippen molar-refractivity contribution >= 4 is 38.6 Å². The Labute approximate surface area is 158 Å². The highest BCUT2D eigenvalue weighted by Gasteiger charge is 2.12. The number of fused-ring (bicyclic) bond motifs is 1. The van der Waals surface area contributed by atoms with E-state index in [1.54, 1.807) is 11.7 Å². The number of hydrogen-bond acceptors (Lipinski definition) is 4. The number of benzene rings is 2. The number of hydrogen-bond donors (Lipinski definition) is 0. The monoisotopic (exact) mass is 416 g/mol. The standard InChI is InChI=1S/C19H17BrN2O2S/c1-13(20)12-25-19-21-17-6-4-3-5-16(17)18(23)22(19)11-14-7-9-15(24-2)10-8-14/h3-10H,1,11-12H2,2H3. The maximum Gasteiger partial charge on any atom is 0.262 e. The summed E-state index contributed by atoms with van der Waals surface area (Å²) in [6.07, 6.45) is 0. The highest BCUT2D eigenvalue weighted by atomic mass is 79.9. The second-order valence-corrected chi connectivity index (χ2v) is 7.52. The van der Waals surface area contributed by atoms with Crippen molar-refractivity contribution in [2.45, 2.75) is 11.7 Å². The van der Waals surface area contributed by atoms with Crippen LogP contribution in [0.5, 0.6) is 5.75 Å². The molecule has 1 heterocycles. The molecular weight excluding hydrogens is 400 g/mol. The minimum absolute atomic E-state index is 0.0379. The molecule has 0 spiro atoms. The average molecular weight is 417 g/mol. The Balaban J connectivity index is 2.06. The van der Waals surface area contributed by atoms with Gasteiger partial charge >= 0.3 is 0 Å². The molecule has 0 aliphatic carbocycles. The van der Waals surface area contributed by atoms with Crippen LogP contribution < -0.4 is 10.3 Å². The minimum Gasteiger partial charge on any atom is -0.497 e. The summed E-state index contributed by atoms with van der Waals surface area (Å²) in [5.41, 5.74) is 1.68. The van der Waals surface area contributed by atoms with E-state index < -0.39 is 0 Å². The van der Waals surface area contributed by atoms with Crippen molar-refractivity contribution in [2.24, 2.45) is 0 Å². The predicted octanol–water partition coefficient (Wildman–Crippen LogP) is 4.45. The van der Waals surface area contributed by atoms with Crippen LogP contribution in [0.1, 0.15) is 5.56 Å². The molecule has 128 valence electrons.